The third-order valence-corrected chi connectivity index (χ3v) is 2.12. The van der Waals surface area contributed by atoms with Crippen molar-refractivity contribution in [1.29, 1.82) is 0 Å². The number of aromatic hydroxyl groups is 1. The summed E-state index contributed by atoms with van der Waals surface area (Å²) in [4.78, 5) is 18.5. The Morgan fingerprint density at radius 3 is 2.69 bits per heavy atom. The lowest BCUT2D eigenvalue weighted by Crippen LogP contribution is -1.97. The van der Waals surface area contributed by atoms with Crippen molar-refractivity contribution in [2.24, 2.45) is 0 Å². The van der Waals surface area contributed by atoms with Crippen molar-refractivity contribution >= 4 is 5.97 Å². The Morgan fingerprint density at radius 2 is 2.06 bits per heavy atom. The Morgan fingerprint density at radius 1 is 1.25 bits per heavy atom. The summed E-state index contributed by atoms with van der Waals surface area (Å²) in [7, 11) is 0. The first-order valence-electron chi connectivity index (χ1n) is 4.52. The zero-order valence-electron chi connectivity index (χ0n) is 8.16. The van der Waals surface area contributed by atoms with Crippen LogP contribution in [0.4, 0.5) is 0 Å². The van der Waals surface area contributed by atoms with E-state index in [1.54, 1.807) is 18.2 Å². The second kappa shape index (κ2) is 3.98. The maximum absolute atomic E-state index is 10.8. The smallest absolute Gasteiger partial charge is 0.339 e. The summed E-state index contributed by atoms with van der Waals surface area (Å²) in [5.41, 5.74) is 0.717. The van der Waals surface area contributed by atoms with Crippen LogP contribution >= 0.6 is 0 Å². The number of hydrogen-bond acceptors (Lipinski definition) is 4. The van der Waals surface area contributed by atoms with E-state index in [4.69, 9.17) is 5.11 Å². The molecule has 2 N–H and O–H groups in total. The van der Waals surface area contributed by atoms with Gasteiger partial charge in [0.2, 0.25) is 0 Å². The van der Waals surface area contributed by atoms with Crippen LogP contribution in [-0.2, 0) is 0 Å². The molecule has 0 atom stereocenters. The molecule has 0 aliphatic rings. The summed E-state index contributed by atoms with van der Waals surface area (Å²) >= 11 is 0. The normalized spacial score (nSPS) is 10.0. The second-order valence-electron chi connectivity index (χ2n) is 3.10. The van der Waals surface area contributed by atoms with Crippen LogP contribution in [0.25, 0.3) is 11.3 Å². The SMILES string of the molecule is O=C(O)c1cccc(-c2ccncn2)c1O. The number of nitrogens with zero attached hydrogens (tertiary/aromatic N) is 2. The molecule has 0 saturated heterocycles. The molecule has 0 bridgehead atoms. The van der Waals surface area contributed by atoms with Crippen LogP contribution in [0.3, 0.4) is 0 Å². The Kier molecular flexibility index (Phi) is 2.51. The molecule has 1 heterocycles. The second-order valence-corrected chi connectivity index (χ2v) is 3.10. The summed E-state index contributed by atoms with van der Waals surface area (Å²) in [5.74, 6) is -1.46. The fourth-order valence-electron chi connectivity index (χ4n) is 1.37. The molecule has 0 unspecified atom stereocenters. The third kappa shape index (κ3) is 1.70. The summed E-state index contributed by atoms with van der Waals surface area (Å²) in [6, 6.07) is 6.09. The quantitative estimate of drug-likeness (QED) is 0.795. The minimum atomic E-state index is -1.17. The van der Waals surface area contributed by atoms with Gasteiger partial charge < -0.3 is 10.2 Å². The largest absolute Gasteiger partial charge is 0.506 e. The molecule has 0 saturated carbocycles. The molecule has 1 aromatic heterocycles. The zero-order chi connectivity index (χ0) is 11.5. The zero-order valence-corrected chi connectivity index (χ0v) is 8.16. The number of carbonyl (C=O) groups is 1. The van der Waals surface area contributed by atoms with E-state index < -0.39 is 5.97 Å². The number of phenols is 1. The highest BCUT2D eigenvalue weighted by molar-refractivity contribution is 5.93. The fourth-order valence-corrected chi connectivity index (χ4v) is 1.37. The van der Waals surface area contributed by atoms with Gasteiger partial charge in [-0.25, -0.2) is 14.8 Å². The van der Waals surface area contributed by atoms with Crippen molar-refractivity contribution in [3.05, 3.63) is 42.4 Å². The Bertz CT molecular complexity index is 526. The first-order chi connectivity index (χ1) is 7.70. The van der Waals surface area contributed by atoms with Crippen molar-refractivity contribution in [3.63, 3.8) is 0 Å². The van der Waals surface area contributed by atoms with E-state index in [1.165, 1.54) is 18.6 Å². The third-order valence-electron chi connectivity index (χ3n) is 2.12. The molecule has 0 spiro atoms. The molecule has 0 amide bonds. The summed E-state index contributed by atoms with van der Waals surface area (Å²) in [6.07, 6.45) is 2.86. The number of aromatic carboxylic acids is 1. The lowest BCUT2D eigenvalue weighted by Gasteiger charge is -2.05. The summed E-state index contributed by atoms with van der Waals surface area (Å²) in [6.45, 7) is 0. The molecular formula is C11H8N2O3. The van der Waals surface area contributed by atoms with Crippen molar-refractivity contribution in [2.45, 2.75) is 0 Å². The molecule has 2 aromatic rings. The molecule has 5 heteroatoms. The van der Waals surface area contributed by atoms with Gasteiger partial charge >= 0.3 is 5.97 Å². The van der Waals surface area contributed by atoms with Gasteiger partial charge in [-0.1, -0.05) is 6.07 Å². The molecule has 0 fully saturated rings. The highest BCUT2D eigenvalue weighted by Gasteiger charge is 2.14. The van der Waals surface area contributed by atoms with Gasteiger partial charge in [0.15, 0.2) is 0 Å². The van der Waals surface area contributed by atoms with Gasteiger partial charge in [-0.3, -0.25) is 0 Å². The molecule has 0 radical (unpaired) electrons. The van der Waals surface area contributed by atoms with E-state index in [0.29, 0.717) is 11.3 Å². The van der Waals surface area contributed by atoms with Gasteiger partial charge in [0, 0.05) is 11.8 Å². The van der Waals surface area contributed by atoms with E-state index in [0.717, 1.165) is 0 Å². The molecule has 80 valence electrons. The van der Waals surface area contributed by atoms with E-state index in [9.17, 15) is 9.90 Å². The topological polar surface area (TPSA) is 83.3 Å². The van der Waals surface area contributed by atoms with Crippen molar-refractivity contribution in [2.75, 3.05) is 0 Å². The fraction of sp³-hybridized carbons (Fsp3) is 0. The van der Waals surface area contributed by atoms with Crippen LogP contribution in [0.15, 0.2) is 36.8 Å². The number of hydrogen-bond donors (Lipinski definition) is 2. The lowest BCUT2D eigenvalue weighted by molar-refractivity contribution is 0.0694. The number of carboxylic acid groups (broad SMARTS) is 1. The average molecular weight is 216 g/mol. The lowest BCUT2D eigenvalue weighted by atomic mass is 10.1. The first-order valence-corrected chi connectivity index (χ1v) is 4.52. The summed E-state index contributed by atoms with van der Waals surface area (Å²) in [5, 5.41) is 18.6. The number of aromatic nitrogens is 2. The minimum absolute atomic E-state index is 0.142. The van der Waals surface area contributed by atoms with Gasteiger partial charge in [-0.15, -0.1) is 0 Å². The van der Waals surface area contributed by atoms with Gasteiger partial charge in [-0.05, 0) is 18.2 Å². The van der Waals surface area contributed by atoms with Crippen LogP contribution < -0.4 is 0 Å². The van der Waals surface area contributed by atoms with Crippen molar-refractivity contribution in [1.82, 2.24) is 9.97 Å². The highest BCUT2D eigenvalue weighted by Crippen LogP contribution is 2.30. The molecule has 0 aliphatic carbocycles. The van der Waals surface area contributed by atoms with Crippen LogP contribution in [0, 0.1) is 0 Å². The van der Waals surface area contributed by atoms with E-state index in [-0.39, 0.29) is 11.3 Å². The Hall–Kier alpha value is -2.43. The maximum atomic E-state index is 10.8. The standard InChI is InChI=1S/C11H8N2O3/c14-10-7(9-4-5-12-6-13-9)2-1-3-8(10)11(15)16/h1-6,14H,(H,15,16). The molecular weight excluding hydrogens is 208 g/mol. The number of rotatable bonds is 2. The molecule has 5 nitrogen and oxygen atoms in total. The number of carboxylic acids is 1. The van der Waals surface area contributed by atoms with Crippen LogP contribution in [0.5, 0.6) is 5.75 Å². The number of para-hydroxylation sites is 1. The maximum Gasteiger partial charge on any atom is 0.339 e. The first kappa shape index (κ1) is 10.1. The summed E-state index contributed by atoms with van der Waals surface area (Å²) < 4.78 is 0. The predicted molar refractivity (Wildman–Crippen MR) is 56.1 cm³/mol. The Balaban J connectivity index is 2.59. The van der Waals surface area contributed by atoms with Gasteiger partial charge in [0.05, 0.1) is 5.69 Å². The highest BCUT2D eigenvalue weighted by atomic mass is 16.4. The average Bonchev–Trinajstić information content (AvgIpc) is 2.30. The number of benzene rings is 1. The van der Waals surface area contributed by atoms with Gasteiger partial charge in [0.1, 0.15) is 17.6 Å². The van der Waals surface area contributed by atoms with Crippen LogP contribution in [0.2, 0.25) is 0 Å². The molecule has 1 aromatic carbocycles. The van der Waals surface area contributed by atoms with Crippen molar-refractivity contribution in [3.8, 4) is 17.0 Å². The molecule has 2 rings (SSSR count). The van der Waals surface area contributed by atoms with E-state index >= 15 is 0 Å². The monoisotopic (exact) mass is 216 g/mol. The van der Waals surface area contributed by atoms with Crippen molar-refractivity contribution < 1.29 is 15.0 Å². The van der Waals surface area contributed by atoms with E-state index in [2.05, 4.69) is 9.97 Å². The molecule has 0 aliphatic heterocycles. The predicted octanol–water partition coefficient (Wildman–Crippen LogP) is 1.55. The van der Waals surface area contributed by atoms with Gasteiger partial charge in [-0.2, -0.15) is 0 Å². The minimum Gasteiger partial charge on any atom is -0.506 e. The Labute approximate surface area is 91.0 Å². The van der Waals surface area contributed by atoms with Crippen LogP contribution in [0.1, 0.15) is 10.4 Å². The van der Waals surface area contributed by atoms with E-state index in [1.807, 2.05) is 0 Å². The van der Waals surface area contributed by atoms with Gasteiger partial charge in [0.25, 0.3) is 0 Å². The molecule has 16 heavy (non-hydrogen) atoms. The van der Waals surface area contributed by atoms with Crippen LogP contribution in [-0.4, -0.2) is 26.2 Å².